The summed E-state index contributed by atoms with van der Waals surface area (Å²) in [4.78, 5) is 3.61. The lowest BCUT2D eigenvalue weighted by Crippen LogP contribution is -1.99. The van der Waals surface area contributed by atoms with E-state index >= 15 is 0 Å². The number of benzene rings is 6. The van der Waals surface area contributed by atoms with Crippen molar-refractivity contribution in [1.29, 1.82) is 5.26 Å². The molecule has 194 valence electrons. The number of para-hydroxylation sites is 3. The molecular weight excluding hydrogens is 514 g/mol. The van der Waals surface area contributed by atoms with Crippen molar-refractivity contribution in [2.45, 2.75) is 0 Å². The molecule has 4 heteroatoms. The summed E-state index contributed by atoms with van der Waals surface area (Å²) in [6.07, 6.45) is 0. The van der Waals surface area contributed by atoms with Crippen molar-refractivity contribution in [2.75, 3.05) is 0 Å². The Morgan fingerprint density at radius 3 is 2.00 bits per heavy atom. The summed E-state index contributed by atoms with van der Waals surface area (Å²) < 4.78 is 8.41. The number of rotatable bonds is 3. The second-order valence-electron chi connectivity index (χ2n) is 10.3. The first-order valence-corrected chi connectivity index (χ1v) is 13.7. The predicted molar refractivity (Wildman–Crippen MR) is 170 cm³/mol. The maximum atomic E-state index is 10.3. The zero-order valence-electron chi connectivity index (χ0n) is 22.4. The molecule has 2 heterocycles. The molecule has 0 atom stereocenters. The van der Waals surface area contributed by atoms with Gasteiger partial charge in [0.1, 0.15) is 11.2 Å². The molecule has 0 saturated heterocycles. The Labute approximate surface area is 241 Å². The van der Waals surface area contributed by atoms with E-state index in [1.807, 2.05) is 42.5 Å². The van der Waals surface area contributed by atoms with E-state index in [2.05, 4.69) is 94.3 Å². The third kappa shape index (κ3) is 3.47. The fourth-order valence-electron chi connectivity index (χ4n) is 6.25. The largest absolute Gasteiger partial charge is 0.456 e. The van der Waals surface area contributed by atoms with Crippen LogP contribution in [0.4, 0.5) is 5.69 Å². The van der Waals surface area contributed by atoms with E-state index in [1.165, 1.54) is 10.8 Å². The molecule has 0 aliphatic rings. The quantitative estimate of drug-likeness (QED) is 0.211. The molecule has 0 amide bonds. The van der Waals surface area contributed by atoms with Gasteiger partial charge in [0.25, 0.3) is 0 Å². The minimum Gasteiger partial charge on any atom is -0.456 e. The molecule has 2 aromatic heterocycles. The van der Waals surface area contributed by atoms with Gasteiger partial charge < -0.3 is 8.98 Å². The zero-order valence-corrected chi connectivity index (χ0v) is 22.4. The molecule has 0 aliphatic carbocycles. The number of aromatic nitrogens is 1. The second-order valence-corrected chi connectivity index (χ2v) is 10.3. The summed E-state index contributed by atoms with van der Waals surface area (Å²) in [5.74, 6) is 0. The normalized spacial score (nSPS) is 11.3. The molecule has 0 radical (unpaired) electrons. The van der Waals surface area contributed by atoms with Gasteiger partial charge >= 0.3 is 0 Å². The van der Waals surface area contributed by atoms with Gasteiger partial charge in [0.15, 0.2) is 5.69 Å². The van der Waals surface area contributed by atoms with Crippen molar-refractivity contribution in [2.24, 2.45) is 0 Å². The van der Waals surface area contributed by atoms with Crippen molar-refractivity contribution < 1.29 is 4.42 Å². The fraction of sp³-hybridized carbons (Fsp3) is 0. The Bertz CT molecular complexity index is 2390. The van der Waals surface area contributed by atoms with Crippen LogP contribution in [0.3, 0.4) is 0 Å². The van der Waals surface area contributed by atoms with E-state index in [0.717, 1.165) is 60.9 Å². The van der Waals surface area contributed by atoms with Gasteiger partial charge in [-0.3, -0.25) is 0 Å². The molecule has 8 rings (SSSR count). The number of nitrogens with zero attached hydrogens (tertiary/aromatic N) is 3. The van der Waals surface area contributed by atoms with Crippen LogP contribution in [0.1, 0.15) is 5.56 Å². The number of hydrogen-bond donors (Lipinski definition) is 0. The van der Waals surface area contributed by atoms with Crippen LogP contribution in [0.5, 0.6) is 0 Å². The van der Waals surface area contributed by atoms with Crippen LogP contribution >= 0.6 is 0 Å². The van der Waals surface area contributed by atoms with E-state index in [0.29, 0.717) is 11.3 Å². The molecule has 0 aliphatic heterocycles. The highest BCUT2D eigenvalue weighted by atomic mass is 16.3. The van der Waals surface area contributed by atoms with Gasteiger partial charge in [0, 0.05) is 32.7 Å². The highest BCUT2D eigenvalue weighted by Gasteiger charge is 2.20. The van der Waals surface area contributed by atoms with Crippen molar-refractivity contribution in [1.82, 2.24) is 4.57 Å². The lowest BCUT2D eigenvalue weighted by molar-refractivity contribution is 0.669. The van der Waals surface area contributed by atoms with Crippen LogP contribution in [0.15, 0.2) is 132 Å². The van der Waals surface area contributed by atoms with E-state index in [9.17, 15) is 5.26 Å². The molecule has 0 spiro atoms. The molecule has 0 saturated carbocycles. The van der Waals surface area contributed by atoms with Crippen LogP contribution in [0.25, 0.3) is 76.5 Å². The number of nitriles is 1. The molecule has 0 fully saturated rings. The SMILES string of the molecule is [C-]#[N+]c1ccc2oc3ccc(-c4c(C#N)cccc4-c4ccccc4-n4c5ccccc5c5ccccc54)cc3c2c1. The Balaban J connectivity index is 1.42. The molecule has 0 bridgehead atoms. The van der Waals surface area contributed by atoms with Gasteiger partial charge in [-0.2, -0.15) is 5.26 Å². The summed E-state index contributed by atoms with van der Waals surface area (Å²) in [7, 11) is 0. The Morgan fingerprint density at radius 2 is 1.26 bits per heavy atom. The van der Waals surface area contributed by atoms with E-state index in [-0.39, 0.29) is 0 Å². The average Bonchev–Trinajstić information content (AvgIpc) is 3.59. The first-order chi connectivity index (χ1) is 20.7. The van der Waals surface area contributed by atoms with Crippen molar-refractivity contribution in [3.8, 4) is 34.0 Å². The van der Waals surface area contributed by atoms with Crippen molar-refractivity contribution in [3.05, 3.63) is 144 Å². The molecular formula is C38H21N3O. The summed E-state index contributed by atoms with van der Waals surface area (Å²) in [5, 5.41) is 14.5. The smallest absolute Gasteiger partial charge is 0.188 e. The fourth-order valence-corrected chi connectivity index (χ4v) is 6.25. The second kappa shape index (κ2) is 9.24. The highest BCUT2D eigenvalue weighted by molar-refractivity contribution is 6.11. The first-order valence-electron chi connectivity index (χ1n) is 13.7. The van der Waals surface area contributed by atoms with Gasteiger partial charge in [0.2, 0.25) is 0 Å². The minimum absolute atomic E-state index is 0.564. The third-order valence-electron chi connectivity index (χ3n) is 8.07. The van der Waals surface area contributed by atoms with Crippen LogP contribution in [0.2, 0.25) is 0 Å². The lowest BCUT2D eigenvalue weighted by Gasteiger charge is -2.18. The van der Waals surface area contributed by atoms with Gasteiger partial charge in [-0.15, -0.1) is 0 Å². The molecule has 4 nitrogen and oxygen atoms in total. The third-order valence-corrected chi connectivity index (χ3v) is 8.07. The minimum atomic E-state index is 0.564. The number of fused-ring (bicyclic) bond motifs is 6. The Morgan fingerprint density at radius 1 is 0.619 bits per heavy atom. The van der Waals surface area contributed by atoms with Gasteiger partial charge in [0.05, 0.1) is 34.9 Å². The molecule has 0 unspecified atom stereocenters. The Kier molecular flexibility index (Phi) is 5.22. The molecule has 42 heavy (non-hydrogen) atoms. The van der Waals surface area contributed by atoms with Crippen LogP contribution in [-0.4, -0.2) is 4.57 Å². The van der Waals surface area contributed by atoms with Crippen molar-refractivity contribution in [3.63, 3.8) is 0 Å². The van der Waals surface area contributed by atoms with E-state index in [1.54, 1.807) is 6.07 Å². The number of hydrogen-bond acceptors (Lipinski definition) is 2. The topological polar surface area (TPSA) is 46.2 Å². The standard InChI is InChI=1S/C38H21N3O/c1-40-26-18-20-37-32(22-26)31-21-24(17-19-36(31)42-37)38-25(23-39)9-8-13-30(38)29-12-4-7-16-35(29)41-33-14-5-2-10-27(33)28-11-3-6-15-34(28)41/h2-22H. The maximum absolute atomic E-state index is 10.3. The lowest BCUT2D eigenvalue weighted by atomic mass is 9.89. The van der Waals surface area contributed by atoms with Crippen LogP contribution in [0, 0.1) is 17.9 Å². The zero-order chi connectivity index (χ0) is 28.2. The average molecular weight is 536 g/mol. The first kappa shape index (κ1) is 23.8. The maximum Gasteiger partial charge on any atom is 0.188 e. The molecule has 6 aromatic carbocycles. The predicted octanol–water partition coefficient (Wildman–Crippen LogP) is 10.4. The molecule has 0 N–H and O–H groups in total. The van der Waals surface area contributed by atoms with E-state index < -0.39 is 0 Å². The molecule has 8 aromatic rings. The highest BCUT2D eigenvalue weighted by Crippen LogP contribution is 2.42. The van der Waals surface area contributed by atoms with Gasteiger partial charge in [-0.05, 0) is 59.7 Å². The summed E-state index contributed by atoms with van der Waals surface area (Å²) in [5.41, 5.74) is 9.74. The van der Waals surface area contributed by atoms with Crippen molar-refractivity contribution >= 4 is 49.4 Å². The van der Waals surface area contributed by atoms with Crippen LogP contribution in [-0.2, 0) is 0 Å². The van der Waals surface area contributed by atoms with E-state index in [4.69, 9.17) is 11.0 Å². The van der Waals surface area contributed by atoms with Gasteiger partial charge in [-0.1, -0.05) is 78.9 Å². The summed E-state index contributed by atoms with van der Waals surface area (Å²) in [6, 6.07) is 45.3. The summed E-state index contributed by atoms with van der Waals surface area (Å²) in [6.45, 7) is 7.47. The Hall–Kier alpha value is -6.10. The monoisotopic (exact) mass is 535 g/mol. The van der Waals surface area contributed by atoms with Crippen LogP contribution < -0.4 is 0 Å². The summed E-state index contributed by atoms with van der Waals surface area (Å²) >= 11 is 0. The number of furan rings is 1. The van der Waals surface area contributed by atoms with Gasteiger partial charge in [-0.25, -0.2) is 4.85 Å².